The van der Waals surface area contributed by atoms with Crippen LogP contribution in [-0.2, 0) is 21.4 Å². The van der Waals surface area contributed by atoms with E-state index in [1.165, 1.54) is 20.5 Å². The molecule has 1 saturated heterocycles. The van der Waals surface area contributed by atoms with Crippen molar-refractivity contribution >= 4 is 21.8 Å². The van der Waals surface area contributed by atoms with Crippen LogP contribution in [0, 0.1) is 11.6 Å². The molecule has 0 saturated carbocycles. The van der Waals surface area contributed by atoms with Gasteiger partial charge in [-0.2, -0.15) is 5.10 Å². The average molecular weight is 413 g/mol. The van der Waals surface area contributed by atoms with Crippen LogP contribution in [0.2, 0.25) is 0 Å². The van der Waals surface area contributed by atoms with Crippen LogP contribution in [0.4, 0.5) is 8.78 Å². The monoisotopic (exact) mass is 413 g/mol. The highest BCUT2D eigenvalue weighted by Crippen LogP contribution is 2.13. The highest BCUT2D eigenvalue weighted by Gasteiger charge is 2.25. The Balaban J connectivity index is 1.57. The first-order valence-corrected chi connectivity index (χ1v) is 9.77. The van der Waals surface area contributed by atoms with E-state index < -0.39 is 27.6 Å². The standard InChI is InChI=1S/C16H17F2N5O4S/c17-13-2-1-11(7-14(13)18)16(25)22-5-3-21(4-6-22)15(24)10-23-9-12(8-20-23)28(19,26)27/h1-2,7-9H,3-6,10H2,(H2,19,26,27). The summed E-state index contributed by atoms with van der Waals surface area (Å²) in [6.07, 6.45) is 2.22. The average Bonchev–Trinajstić information content (AvgIpc) is 3.12. The highest BCUT2D eigenvalue weighted by atomic mass is 32.2. The Morgan fingerprint density at radius 2 is 1.71 bits per heavy atom. The van der Waals surface area contributed by atoms with Gasteiger partial charge in [0.15, 0.2) is 11.6 Å². The number of nitrogens with zero attached hydrogens (tertiary/aromatic N) is 4. The number of aromatic nitrogens is 2. The predicted octanol–water partition coefficient (Wildman–Crippen LogP) is -0.207. The number of benzene rings is 1. The minimum Gasteiger partial charge on any atom is -0.338 e. The molecular weight excluding hydrogens is 396 g/mol. The second-order valence-corrected chi connectivity index (χ2v) is 7.78. The van der Waals surface area contributed by atoms with E-state index in [1.54, 1.807) is 0 Å². The number of hydrogen-bond acceptors (Lipinski definition) is 5. The summed E-state index contributed by atoms with van der Waals surface area (Å²) in [5, 5.41) is 8.79. The summed E-state index contributed by atoms with van der Waals surface area (Å²) >= 11 is 0. The Morgan fingerprint density at radius 3 is 2.29 bits per heavy atom. The van der Waals surface area contributed by atoms with Crippen LogP contribution in [0.3, 0.4) is 0 Å². The Morgan fingerprint density at radius 1 is 1.07 bits per heavy atom. The zero-order valence-electron chi connectivity index (χ0n) is 14.6. The normalized spacial score (nSPS) is 15.0. The SMILES string of the molecule is NS(=O)(=O)c1cnn(CC(=O)N2CCN(C(=O)c3ccc(F)c(F)c3)CC2)c1. The zero-order chi connectivity index (χ0) is 20.5. The summed E-state index contributed by atoms with van der Waals surface area (Å²) < 4.78 is 49.9. The smallest absolute Gasteiger partial charge is 0.254 e. The molecule has 2 heterocycles. The highest BCUT2D eigenvalue weighted by molar-refractivity contribution is 7.89. The summed E-state index contributed by atoms with van der Waals surface area (Å²) in [7, 11) is -3.89. The molecule has 12 heteroatoms. The van der Waals surface area contributed by atoms with Gasteiger partial charge in [-0.25, -0.2) is 22.3 Å². The van der Waals surface area contributed by atoms with Crippen molar-refractivity contribution < 1.29 is 26.8 Å². The van der Waals surface area contributed by atoms with Crippen LogP contribution in [0.5, 0.6) is 0 Å². The van der Waals surface area contributed by atoms with E-state index in [-0.39, 0.29) is 49.1 Å². The van der Waals surface area contributed by atoms with Crippen LogP contribution in [-0.4, -0.2) is 66.0 Å². The van der Waals surface area contributed by atoms with E-state index in [9.17, 15) is 26.8 Å². The number of piperazine rings is 1. The molecule has 9 nitrogen and oxygen atoms in total. The summed E-state index contributed by atoms with van der Waals surface area (Å²) in [5.74, 6) is -2.88. The first kappa shape index (κ1) is 19.9. The quantitative estimate of drug-likeness (QED) is 0.744. The minimum atomic E-state index is -3.89. The Labute approximate surface area is 159 Å². The summed E-state index contributed by atoms with van der Waals surface area (Å²) in [4.78, 5) is 27.5. The van der Waals surface area contributed by atoms with Gasteiger partial charge in [0.2, 0.25) is 15.9 Å². The van der Waals surface area contributed by atoms with Crippen molar-refractivity contribution in [1.29, 1.82) is 0 Å². The largest absolute Gasteiger partial charge is 0.338 e. The molecule has 1 aliphatic heterocycles. The van der Waals surface area contributed by atoms with Gasteiger partial charge < -0.3 is 9.80 Å². The van der Waals surface area contributed by atoms with Gasteiger partial charge >= 0.3 is 0 Å². The zero-order valence-corrected chi connectivity index (χ0v) is 15.4. The fourth-order valence-corrected chi connectivity index (χ4v) is 3.25. The number of nitrogens with two attached hydrogens (primary N) is 1. The van der Waals surface area contributed by atoms with E-state index in [2.05, 4.69) is 5.10 Å². The van der Waals surface area contributed by atoms with Crippen LogP contribution in [0.15, 0.2) is 35.5 Å². The molecule has 2 N–H and O–H groups in total. The minimum absolute atomic E-state index is 0.0331. The predicted molar refractivity (Wildman–Crippen MR) is 92.4 cm³/mol. The van der Waals surface area contributed by atoms with Gasteiger partial charge in [-0.1, -0.05) is 0 Å². The molecule has 28 heavy (non-hydrogen) atoms. The lowest BCUT2D eigenvalue weighted by Gasteiger charge is -2.34. The molecule has 150 valence electrons. The molecule has 0 spiro atoms. The number of primary sulfonamides is 1. The van der Waals surface area contributed by atoms with Gasteiger partial charge in [-0.05, 0) is 18.2 Å². The van der Waals surface area contributed by atoms with Gasteiger partial charge in [0.1, 0.15) is 11.4 Å². The molecule has 1 aromatic heterocycles. The van der Waals surface area contributed by atoms with Crippen molar-refractivity contribution in [3.8, 4) is 0 Å². The first-order chi connectivity index (χ1) is 13.1. The van der Waals surface area contributed by atoms with Crippen molar-refractivity contribution in [2.24, 2.45) is 5.14 Å². The molecule has 0 radical (unpaired) electrons. The third-order valence-electron chi connectivity index (χ3n) is 4.32. The molecule has 1 aliphatic rings. The Bertz CT molecular complexity index is 1020. The van der Waals surface area contributed by atoms with Crippen LogP contribution >= 0.6 is 0 Å². The number of sulfonamides is 1. The topological polar surface area (TPSA) is 119 Å². The van der Waals surface area contributed by atoms with Gasteiger partial charge in [0, 0.05) is 37.9 Å². The van der Waals surface area contributed by atoms with Crippen molar-refractivity contribution in [2.75, 3.05) is 26.2 Å². The maximum atomic E-state index is 13.3. The van der Waals surface area contributed by atoms with Crippen molar-refractivity contribution in [3.63, 3.8) is 0 Å². The van der Waals surface area contributed by atoms with Crippen LogP contribution in [0.25, 0.3) is 0 Å². The second kappa shape index (κ2) is 7.64. The molecule has 2 amide bonds. The van der Waals surface area contributed by atoms with Gasteiger partial charge in [0.05, 0.1) is 6.20 Å². The molecule has 2 aromatic rings. The Hall–Kier alpha value is -2.86. The van der Waals surface area contributed by atoms with Crippen LogP contribution in [0.1, 0.15) is 10.4 Å². The second-order valence-electron chi connectivity index (χ2n) is 6.22. The molecule has 0 atom stereocenters. The van der Waals surface area contributed by atoms with Crippen molar-refractivity contribution in [2.45, 2.75) is 11.4 Å². The number of hydrogen-bond donors (Lipinski definition) is 1. The van der Waals surface area contributed by atoms with Gasteiger partial charge in [0.25, 0.3) is 5.91 Å². The molecule has 0 aliphatic carbocycles. The van der Waals surface area contributed by atoms with E-state index in [1.807, 2.05) is 0 Å². The lowest BCUT2D eigenvalue weighted by Crippen LogP contribution is -2.51. The molecule has 1 aromatic carbocycles. The summed E-state index contributed by atoms with van der Waals surface area (Å²) in [5.41, 5.74) is 0.0331. The maximum Gasteiger partial charge on any atom is 0.254 e. The van der Waals surface area contributed by atoms with Crippen LogP contribution < -0.4 is 5.14 Å². The third-order valence-corrected chi connectivity index (χ3v) is 5.19. The lowest BCUT2D eigenvalue weighted by molar-refractivity contribution is -0.133. The summed E-state index contributed by atoms with van der Waals surface area (Å²) in [6.45, 7) is 0.776. The van der Waals surface area contributed by atoms with Crippen molar-refractivity contribution in [1.82, 2.24) is 19.6 Å². The van der Waals surface area contributed by atoms with Gasteiger partial charge in [-0.15, -0.1) is 0 Å². The van der Waals surface area contributed by atoms with E-state index >= 15 is 0 Å². The van der Waals surface area contributed by atoms with E-state index in [0.717, 1.165) is 24.5 Å². The summed E-state index contributed by atoms with van der Waals surface area (Å²) in [6, 6.07) is 2.94. The maximum absolute atomic E-state index is 13.3. The number of rotatable bonds is 4. The van der Waals surface area contributed by atoms with E-state index in [4.69, 9.17) is 5.14 Å². The molecule has 0 bridgehead atoms. The number of carbonyl (C=O) groups excluding carboxylic acids is 2. The molecular formula is C16H17F2N5O4S. The molecule has 1 fully saturated rings. The third kappa shape index (κ3) is 4.34. The Kier molecular flexibility index (Phi) is 5.42. The van der Waals surface area contributed by atoms with Gasteiger partial charge in [-0.3, -0.25) is 14.3 Å². The molecule has 3 rings (SSSR count). The fourth-order valence-electron chi connectivity index (χ4n) is 2.79. The van der Waals surface area contributed by atoms with E-state index in [0.29, 0.717) is 0 Å². The lowest BCUT2D eigenvalue weighted by atomic mass is 10.1. The van der Waals surface area contributed by atoms with Crippen molar-refractivity contribution in [3.05, 3.63) is 47.8 Å². The molecule has 0 unspecified atom stereocenters. The fraction of sp³-hybridized carbons (Fsp3) is 0.312. The number of halogens is 2. The number of amides is 2. The number of carbonyl (C=O) groups is 2. The first-order valence-electron chi connectivity index (χ1n) is 8.22.